The van der Waals surface area contributed by atoms with E-state index >= 15 is 0 Å². The molecule has 0 spiro atoms. The van der Waals surface area contributed by atoms with Crippen LogP contribution in [0.2, 0.25) is 0 Å². The van der Waals surface area contributed by atoms with Crippen molar-refractivity contribution in [1.29, 1.82) is 0 Å². The molecule has 0 heterocycles. The molecule has 0 amide bonds. The molecule has 1 unspecified atom stereocenters. The number of halogens is 1. The van der Waals surface area contributed by atoms with Gasteiger partial charge in [-0.3, -0.25) is 0 Å². The van der Waals surface area contributed by atoms with E-state index in [9.17, 15) is 5.11 Å². The molecule has 1 nitrogen and oxygen atoms in total. The van der Waals surface area contributed by atoms with Crippen molar-refractivity contribution in [2.24, 2.45) is 0 Å². The Hall–Kier alpha value is 0.990. The fourth-order valence-corrected chi connectivity index (χ4v) is 1.20. The Morgan fingerprint density at radius 3 is 2.64 bits per heavy atom. The average molecular weight is 201 g/mol. The molecular weight excluding hydrogens is 188 g/mol. The molecule has 1 aliphatic carbocycles. The van der Waals surface area contributed by atoms with Crippen LogP contribution in [0.1, 0.15) is 23.1 Å². The summed E-state index contributed by atoms with van der Waals surface area (Å²) in [6.45, 7) is 3.70. The molecule has 0 saturated heterocycles. The fourth-order valence-electron chi connectivity index (χ4n) is 1.08. The van der Waals surface area contributed by atoms with Crippen molar-refractivity contribution >= 4 is 49.3 Å². The van der Waals surface area contributed by atoms with E-state index in [1.807, 2.05) is 6.92 Å². The molecule has 11 heavy (non-hydrogen) atoms. The second-order valence-electron chi connectivity index (χ2n) is 3.00. The SMILES string of the molecule is CC1=C(Cl)C=CC(C)(O)C1.[Ca+2].[H-].[H-]. The van der Waals surface area contributed by atoms with Crippen molar-refractivity contribution in [3.8, 4) is 0 Å². The van der Waals surface area contributed by atoms with Crippen molar-refractivity contribution in [3.63, 3.8) is 0 Å². The first-order valence-electron chi connectivity index (χ1n) is 3.28. The second-order valence-corrected chi connectivity index (χ2v) is 3.40. The molecule has 0 aromatic carbocycles. The largest absolute Gasteiger partial charge is 2.00 e. The van der Waals surface area contributed by atoms with E-state index in [1.165, 1.54) is 0 Å². The van der Waals surface area contributed by atoms with Crippen LogP contribution in [0.5, 0.6) is 0 Å². The topological polar surface area (TPSA) is 20.2 Å². The van der Waals surface area contributed by atoms with Crippen molar-refractivity contribution in [3.05, 3.63) is 22.8 Å². The normalized spacial score (nSPS) is 30.2. The minimum Gasteiger partial charge on any atom is -1.00 e. The van der Waals surface area contributed by atoms with Gasteiger partial charge in [-0.1, -0.05) is 23.3 Å². The molecule has 1 N–H and O–H groups in total. The maximum atomic E-state index is 9.48. The molecule has 0 bridgehead atoms. The standard InChI is InChI=1S/C8H11ClO.Ca.2H/c1-6-5-8(2,10)4-3-7(6)9;;;/h3-4,10H,5H2,1-2H3;;;/q;+2;2*-1. The van der Waals surface area contributed by atoms with E-state index in [4.69, 9.17) is 11.6 Å². The Bertz CT molecular complexity index is 214. The van der Waals surface area contributed by atoms with Gasteiger partial charge in [0.1, 0.15) is 0 Å². The van der Waals surface area contributed by atoms with Crippen LogP contribution in [0.15, 0.2) is 22.8 Å². The Balaban J connectivity index is -0.000000333. The first-order valence-corrected chi connectivity index (χ1v) is 3.66. The van der Waals surface area contributed by atoms with Crippen LogP contribution < -0.4 is 0 Å². The van der Waals surface area contributed by atoms with Crippen LogP contribution in [0.4, 0.5) is 0 Å². The van der Waals surface area contributed by atoms with Gasteiger partial charge < -0.3 is 7.96 Å². The third kappa shape index (κ3) is 3.47. The van der Waals surface area contributed by atoms with Crippen LogP contribution in [-0.2, 0) is 0 Å². The molecule has 0 aromatic heterocycles. The van der Waals surface area contributed by atoms with E-state index in [-0.39, 0.29) is 40.6 Å². The third-order valence-electron chi connectivity index (χ3n) is 1.62. The zero-order valence-corrected chi connectivity index (χ0v) is 9.86. The smallest absolute Gasteiger partial charge is 1.00 e. The van der Waals surface area contributed by atoms with Gasteiger partial charge >= 0.3 is 37.7 Å². The van der Waals surface area contributed by atoms with Crippen molar-refractivity contribution in [2.45, 2.75) is 25.9 Å². The van der Waals surface area contributed by atoms with E-state index in [2.05, 4.69) is 0 Å². The van der Waals surface area contributed by atoms with E-state index in [0.29, 0.717) is 6.42 Å². The van der Waals surface area contributed by atoms with Crippen molar-refractivity contribution < 1.29 is 7.96 Å². The molecule has 1 aliphatic rings. The van der Waals surface area contributed by atoms with Gasteiger partial charge in [-0.15, -0.1) is 0 Å². The van der Waals surface area contributed by atoms with Crippen molar-refractivity contribution in [1.82, 2.24) is 0 Å². The minimum atomic E-state index is -0.692. The number of rotatable bonds is 0. The van der Waals surface area contributed by atoms with Gasteiger partial charge in [0.05, 0.1) is 5.60 Å². The maximum Gasteiger partial charge on any atom is 2.00 e. The Labute approximate surface area is 105 Å². The average Bonchev–Trinajstić information content (AvgIpc) is 1.79. The van der Waals surface area contributed by atoms with Gasteiger partial charge in [0, 0.05) is 11.5 Å². The monoisotopic (exact) mass is 200 g/mol. The summed E-state index contributed by atoms with van der Waals surface area (Å²) in [5.74, 6) is 0. The summed E-state index contributed by atoms with van der Waals surface area (Å²) in [5.41, 5.74) is 0.358. The summed E-state index contributed by atoms with van der Waals surface area (Å²) >= 11 is 5.78. The summed E-state index contributed by atoms with van der Waals surface area (Å²) in [6.07, 6.45) is 4.12. The van der Waals surface area contributed by atoms with Crippen LogP contribution in [0.25, 0.3) is 0 Å². The number of hydrogen-bond donors (Lipinski definition) is 1. The van der Waals surface area contributed by atoms with E-state index < -0.39 is 5.60 Å². The van der Waals surface area contributed by atoms with Gasteiger partial charge in [-0.2, -0.15) is 0 Å². The molecule has 60 valence electrons. The molecule has 0 saturated carbocycles. The van der Waals surface area contributed by atoms with Gasteiger partial charge in [0.2, 0.25) is 0 Å². The molecule has 1 rings (SSSR count). The summed E-state index contributed by atoms with van der Waals surface area (Å²) in [7, 11) is 0. The first-order chi connectivity index (χ1) is 4.51. The molecule has 3 heteroatoms. The summed E-state index contributed by atoms with van der Waals surface area (Å²) < 4.78 is 0. The molecule has 0 radical (unpaired) electrons. The summed E-state index contributed by atoms with van der Waals surface area (Å²) in [4.78, 5) is 0. The quantitative estimate of drug-likeness (QED) is 0.594. The summed E-state index contributed by atoms with van der Waals surface area (Å²) in [6, 6.07) is 0. The Kier molecular flexibility index (Phi) is 4.68. The van der Waals surface area contributed by atoms with E-state index in [0.717, 1.165) is 10.6 Å². The third-order valence-corrected chi connectivity index (χ3v) is 2.07. The number of aliphatic hydroxyl groups is 1. The first kappa shape index (κ1) is 12.0. The van der Waals surface area contributed by atoms with E-state index in [1.54, 1.807) is 19.1 Å². The van der Waals surface area contributed by atoms with Crippen LogP contribution in [0.3, 0.4) is 0 Å². The number of hydrogen-bond acceptors (Lipinski definition) is 1. The Morgan fingerprint density at radius 1 is 1.73 bits per heavy atom. The van der Waals surface area contributed by atoms with Crippen molar-refractivity contribution in [2.75, 3.05) is 0 Å². The maximum absolute atomic E-state index is 9.48. The molecule has 0 aliphatic heterocycles. The van der Waals surface area contributed by atoms with Gasteiger partial charge in [0.25, 0.3) is 0 Å². The summed E-state index contributed by atoms with van der Waals surface area (Å²) in [5, 5.41) is 10.2. The van der Waals surface area contributed by atoms with Gasteiger partial charge in [0.15, 0.2) is 0 Å². The molecule has 1 atom stereocenters. The molecule has 0 fully saturated rings. The molecular formula is C8H13CaClO. The van der Waals surface area contributed by atoms with Crippen LogP contribution in [-0.4, -0.2) is 48.4 Å². The minimum absolute atomic E-state index is 0. The second kappa shape index (κ2) is 4.29. The Morgan fingerprint density at radius 2 is 2.27 bits per heavy atom. The van der Waals surface area contributed by atoms with Gasteiger partial charge in [-0.25, -0.2) is 0 Å². The van der Waals surface area contributed by atoms with Crippen LogP contribution in [0, 0.1) is 0 Å². The fraction of sp³-hybridized carbons (Fsp3) is 0.500. The zero-order chi connectivity index (χ0) is 7.78. The zero-order valence-electron chi connectivity index (χ0n) is 8.89. The predicted molar refractivity (Wildman–Crippen MR) is 50.9 cm³/mol. The van der Waals surface area contributed by atoms with Crippen LogP contribution >= 0.6 is 11.6 Å². The molecule has 0 aromatic rings. The number of allylic oxidation sites excluding steroid dienone is 2. The predicted octanol–water partition coefficient (Wildman–Crippen LogP) is 2.05. The van der Waals surface area contributed by atoms with Gasteiger partial charge in [-0.05, 0) is 19.9 Å².